The molecule has 2 N–H and O–H groups in total. The van der Waals surface area contributed by atoms with Crippen molar-refractivity contribution in [3.05, 3.63) is 34.9 Å². The molecule has 2 aromatic rings. The third-order valence-corrected chi connectivity index (χ3v) is 3.54. The van der Waals surface area contributed by atoms with Crippen LogP contribution in [0.15, 0.2) is 29.9 Å². The average molecular weight is 248 g/mol. The number of nitrogens with one attached hydrogen (secondary N) is 2. The van der Waals surface area contributed by atoms with Crippen LogP contribution < -0.4 is 10.6 Å². The lowest BCUT2D eigenvalue weighted by atomic mass is 10.1. The van der Waals surface area contributed by atoms with Gasteiger partial charge in [-0.15, -0.1) is 11.3 Å². The number of rotatable bonds is 4. The fraction of sp³-hybridized carbons (Fsp3) is 0.333. The fourth-order valence-electron chi connectivity index (χ4n) is 1.59. The van der Waals surface area contributed by atoms with Gasteiger partial charge < -0.3 is 10.6 Å². The number of aromatic nitrogens is 2. The van der Waals surface area contributed by atoms with E-state index in [1.54, 1.807) is 17.5 Å². The van der Waals surface area contributed by atoms with Crippen molar-refractivity contribution >= 4 is 22.8 Å². The van der Waals surface area contributed by atoms with E-state index in [0.29, 0.717) is 0 Å². The van der Waals surface area contributed by atoms with Crippen LogP contribution in [0.2, 0.25) is 0 Å². The van der Waals surface area contributed by atoms with Gasteiger partial charge in [-0.25, -0.2) is 9.97 Å². The Bertz CT molecular complexity index is 479. The lowest BCUT2D eigenvalue weighted by molar-refractivity contribution is 0.604. The van der Waals surface area contributed by atoms with Crippen molar-refractivity contribution in [2.24, 2.45) is 0 Å². The number of nitrogens with zero attached hydrogens (tertiary/aromatic N) is 2. The minimum Gasteiger partial charge on any atom is -0.374 e. The highest BCUT2D eigenvalue weighted by Gasteiger charge is 2.22. The summed E-state index contributed by atoms with van der Waals surface area (Å²) in [6.45, 7) is 4.23. The lowest BCUT2D eigenvalue weighted by Crippen LogP contribution is -2.27. The van der Waals surface area contributed by atoms with Gasteiger partial charge in [0.15, 0.2) is 0 Å². The molecule has 0 aromatic carbocycles. The molecular weight excluding hydrogens is 232 g/mol. The van der Waals surface area contributed by atoms with Crippen molar-refractivity contribution in [3.63, 3.8) is 0 Å². The Morgan fingerprint density at radius 2 is 2.06 bits per heavy atom. The van der Waals surface area contributed by atoms with Crippen molar-refractivity contribution in [2.45, 2.75) is 19.4 Å². The molecule has 0 aliphatic carbocycles. The van der Waals surface area contributed by atoms with Gasteiger partial charge in [-0.1, -0.05) is 0 Å². The molecule has 0 unspecified atom stereocenters. The molecule has 0 spiro atoms. The van der Waals surface area contributed by atoms with E-state index in [9.17, 15) is 0 Å². The van der Waals surface area contributed by atoms with Crippen LogP contribution in [0.25, 0.3) is 0 Å². The van der Waals surface area contributed by atoms with E-state index >= 15 is 0 Å². The molecule has 2 heterocycles. The summed E-state index contributed by atoms with van der Waals surface area (Å²) in [5.41, 5.74) is 0.852. The van der Waals surface area contributed by atoms with E-state index in [-0.39, 0.29) is 5.54 Å². The number of pyridine rings is 1. The Balaban J connectivity index is 2.20. The molecule has 0 aliphatic rings. The second-order valence-corrected chi connectivity index (χ2v) is 5.16. The van der Waals surface area contributed by atoms with Gasteiger partial charge in [0, 0.05) is 36.6 Å². The summed E-state index contributed by atoms with van der Waals surface area (Å²) in [6, 6.07) is 3.94. The van der Waals surface area contributed by atoms with Crippen molar-refractivity contribution in [3.8, 4) is 0 Å². The average Bonchev–Trinajstić information content (AvgIpc) is 2.83. The predicted octanol–water partition coefficient (Wildman–Crippen LogP) is 2.93. The maximum Gasteiger partial charge on any atom is 0.127 e. The van der Waals surface area contributed by atoms with E-state index < -0.39 is 0 Å². The smallest absolute Gasteiger partial charge is 0.127 e. The summed E-state index contributed by atoms with van der Waals surface area (Å²) in [5, 5.41) is 9.55. The molecule has 0 saturated heterocycles. The minimum atomic E-state index is -0.180. The summed E-state index contributed by atoms with van der Waals surface area (Å²) >= 11 is 1.65. The second-order valence-electron chi connectivity index (χ2n) is 4.27. The predicted molar refractivity (Wildman–Crippen MR) is 72.5 cm³/mol. The van der Waals surface area contributed by atoms with Gasteiger partial charge in [0.25, 0.3) is 0 Å². The normalized spacial score (nSPS) is 11.2. The largest absolute Gasteiger partial charge is 0.374 e. The number of thiazole rings is 1. The summed E-state index contributed by atoms with van der Waals surface area (Å²) in [7, 11) is 1.86. The van der Waals surface area contributed by atoms with Gasteiger partial charge >= 0.3 is 0 Å². The SMILES string of the molecule is CNc1cc(NC(C)(C)c2nccs2)ccn1. The van der Waals surface area contributed by atoms with E-state index in [0.717, 1.165) is 16.5 Å². The lowest BCUT2D eigenvalue weighted by Gasteiger charge is -2.25. The molecule has 0 fully saturated rings. The van der Waals surface area contributed by atoms with Gasteiger partial charge in [0.1, 0.15) is 10.8 Å². The quantitative estimate of drug-likeness (QED) is 0.873. The summed E-state index contributed by atoms with van der Waals surface area (Å²) in [4.78, 5) is 8.54. The Morgan fingerprint density at radius 3 is 2.71 bits per heavy atom. The first-order chi connectivity index (χ1) is 8.12. The fourth-order valence-corrected chi connectivity index (χ4v) is 2.31. The van der Waals surface area contributed by atoms with Crippen molar-refractivity contribution in [1.82, 2.24) is 9.97 Å². The third-order valence-electron chi connectivity index (χ3n) is 2.44. The van der Waals surface area contributed by atoms with E-state index in [1.807, 2.05) is 30.8 Å². The van der Waals surface area contributed by atoms with Crippen molar-refractivity contribution in [2.75, 3.05) is 17.7 Å². The standard InChI is InChI=1S/C12H16N4S/c1-12(2,11-15-6-7-17-11)16-9-4-5-14-10(8-9)13-3/h4-8H,1-3H3,(H2,13,14,16). The Hall–Kier alpha value is -1.62. The maximum absolute atomic E-state index is 4.35. The van der Waals surface area contributed by atoms with E-state index in [4.69, 9.17) is 0 Å². The first kappa shape index (κ1) is 11.9. The van der Waals surface area contributed by atoms with Crippen LogP contribution in [0.3, 0.4) is 0 Å². The van der Waals surface area contributed by atoms with Crippen LogP contribution in [0.4, 0.5) is 11.5 Å². The summed E-state index contributed by atoms with van der Waals surface area (Å²) < 4.78 is 0. The third kappa shape index (κ3) is 2.74. The molecule has 0 saturated carbocycles. The topological polar surface area (TPSA) is 49.8 Å². The molecule has 0 aliphatic heterocycles. The molecule has 4 nitrogen and oxygen atoms in total. The van der Waals surface area contributed by atoms with Crippen LogP contribution in [-0.4, -0.2) is 17.0 Å². The highest BCUT2D eigenvalue weighted by molar-refractivity contribution is 7.09. The molecule has 90 valence electrons. The molecule has 0 bridgehead atoms. The Kier molecular flexibility index (Phi) is 3.28. The van der Waals surface area contributed by atoms with Crippen LogP contribution >= 0.6 is 11.3 Å². The van der Waals surface area contributed by atoms with Gasteiger partial charge in [-0.05, 0) is 19.9 Å². The first-order valence-electron chi connectivity index (χ1n) is 5.44. The first-order valence-corrected chi connectivity index (χ1v) is 6.32. The van der Waals surface area contributed by atoms with E-state index in [2.05, 4.69) is 34.4 Å². The molecule has 5 heteroatoms. The highest BCUT2D eigenvalue weighted by Crippen LogP contribution is 2.27. The molecule has 17 heavy (non-hydrogen) atoms. The monoisotopic (exact) mass is 248 g/mol. The van der Waals surface area contributed by atoms with Crippen LogP contribution in [0.1, 0.15) is 18.9 Å². The van der Waals surface area contributed by atoms with Crippen LogP contribution in [-0.2, 0) is 5.54 Å². The van der Waals surface area contributed by atoms with Crippen molar-refractivity contribution < 1.29 is 0 Å². The molecule has 2 aromatic heterocycles. The van der Waals surface area contributed by atoms with Gasteiger partial charge in [0.2, 0.25) is 0 Å². The number of hydrogen-bond donors (Lipinski definition) is 2. The summed E-state index contributed by atoms with van der Waals surface area (Å²) in [5.74, 6) is 0.852. The van der Waals surface area contributed by atoms with Crippen LogP contribution in [0, 0.1) is 0 Å². The van der Waals surface area contributed by atoms with Crippen molar-refractivity contribution in [1.29, 1.82) is 0 Å². The van der Waals surface area contributed by atoms with Crippen LogP contribution in [0.5, 0.6) is 0 Å². The van der Waals surface area contributed by atoms with E-state index in [1.165, 1.54) is 0 Å². The molecule has 0 radical (unpaired) electrons. The zero-order valence-electron chi connectivity index (χ0n) is 10.2. The Labute approximate surface area is 105 Å². The number of anilines is 2. The molecule has 0 atom stereocenters. The maximum atomic E-state index is 4.35. The number of hydrogen-bond acceptors (Lipinski definition) is 5. The zero-order chi connectivity index (χ0) is 12.3. The van der Waals surface area contributed by atoms with Gasteiger partial charge in [-0.3, -0.25) is 0 Å². The second kappa shape index (κ2) is 4.71. The zero-order valence-corrected chi connectivity index (χ0v) is 11.0. The molecular formula is C12H16N4S. The summed E-state index contributed by atoms with van der Waals surface area (Å²) in [6.07, 6.45) is 3.61. The highest BCUT2D eigenvalue weighted by atomic mass is 32.1. The minimum absolute atomic E-state index is 0.180. The molecule has 2 rings (SSSR count). The van der Waals surface area contributed by atoms with Gasteiger partial charge in [0.05, 0.1) is 5.54 Å². The molecule has 0 amide bonds. The Morgan fingerprint density at radius 1 is 1.24 bits per heavy atom. The van der Waals surface area contributed by atoms with Gasteiger partial charge in [-0.2, -0.15) is 0 Å².